The number of anilines is 1. The lowest BCUT2D eigenvalue weighted by molar-refractivity contribution is -0.128. The van der Waals surface area contributed by atoms with E-state index in [4.69, 9.17) is 4.74 Å². The third-order valence-corrected chi connectivity index (χ3v) is 5.22. The number of hydrogen-bond acceptors (Lipinski definition) is 6. The van der Waals surface area contributed by atoms with Crippen LogP contribution in [-0.4, -0.2) is 46.6 Å². The number of thioether (sulfide) groups is 1. The van der Waals surface area contributed by atoms with Crippen LogP contribution in [0.15, 0.2) is 54.6 Å². The van der Waals surface area contributed by atoms with Gasteiger partial charge in [0, 0.05) is 17.7 Å². The van der Waals surface area contributed by atoms with E-state index in [1.807, 2.05) is 0 Å². The average Bonchev–Trinajstić information content (AvgIpc) is 2.96. The SMILES string of the molecule is COc1ccc(NC(=O)C[C@@H]2SC(=O)N(CC(=O)c3ccccc3)C2=O)cc1. The monoisotopic (exact) mass is 398 g/mol. The Kier molecular flexibility index (Phi) is 6.10. The first-order valence-corrected chi connectivity index (χ1v) is 9.40. The minimum Gasteiger partial charge on any atom is -0.497 e. The van der Waals surface area contributed by atoms with Gasteiger partial charge >= 0.3 is 0 Å². The van der Waals surface area contributed by atoms with Gasteiger partial charge in [0.2, 0.25) is 11.8 Å². The molecule has 0 aliphatic carbocycles. The Balaban J connectivity index is 1.58. The molecular weight excluding hydrogens is 380 g/mol. The Morgan fingerprint density at radius 1 is 1.07 bits per heavy atom. The number of ketones is 1. The summed E-state index contributed by atoms with van der Waals surface area (Å²) < 4.78 is 5.05. The van der Waals surface area contributed by atoms with E-state index in [0.29, 0.717) is 17.0 Å². The van der Waals surface area contributed by atoms with Crippen LogP contribution < -0.4 is 10.1 Å². The molecule has 0 aromatic heterocycles. The lowest BCUT2D eigenvalue weighted by Crippen LogP contribution is -2.36. The Bertz CT molecular complexity index is 899. The lowest BCUT2D eigenvalue weighted by atomic mass is 10.1. The molecule has 2 aromatic carbocycles. The molecule has 2 aromatic rings. The standard InChI is InChI=1S/C20H18N2O5S/c1-27-15-9-7-14(8-10-15)21-18(24)11-17-19(25)22(20(26)28-17)12-16(23)13-5-3-2-4-6-13/h2-10,17H,11-12H2,1H3,(H,21,24)/t17-/m0/s1. The Labute approximate surface area is 166 Å². The minimum atomic E-state index is -0.839. The van der Waals surface area contributed by atoms with Crippen molar-refractivity contribution in [3.63, 3.8) is 0 Å². The number of methoxy groups -OCH3 is 1. The maximum atomic E-state index is 12.5. The summed E-state index contributed by atoms with van der Waals surface area (Å²) in [7, 11) is 1.54. The van der Waals surface area contributed by atoms with Crippen LogP contribution in [0.2, 0.25) is 0 Å². The molecule has 3 rings (SSSR count). The Morgan fingerprint density at radius 3 is 2.39 bits per heavy atom. The first-order chi connectivity index (χ1) is 13.5. The Hall–Kier alpha value is -3.13. The largest absolute Gasteiger partial charge is 0.497 e. The number of amides is 3. The van der Waals surface area contributed by atoms with Crippen LogP contribution in [0.3, 0.4) is 0 Å². The van der Waals surface area contributed by atoms with Crippen LogP contribution in [0.5, 0.6) is 5.75 Å². The van der Waals surface area contributed by atoms with E-state index in [1.165, 1.54) is 0 Å². The molecule has 144 valence electrons. The van der Waals surface area contributed by atoms with Gasteiger partial charge in [-0.15, -0.1) is 0 Å². The molecule has 1 heterocycles. The fraction of sp³-hybridized carbons (Fsp3) is 0.200. The number of rotatable bonds is 7. The molecule has 1 fully saturated rings. The van der Waals surface area contributed by atoms with Crippen molar-refractivity contribution >= 4 is 40.3 Å². The summed E-state index contributed by atoms with van der Waals surface area (Å²) in [5.41, 5.74) is 0.984. The van der Waals surface area contributed by atoms with Crippen molar-refractivity contribution in [2.24, 2.45) is 0 Å². The highest BCUT2D eigenvalue weighted by atomic mass is 32.2. The summed E-state index contributed by atoms with van der Waals surface area (Å²) in [6.07, 6.45) is -0.155. The number of nitrogens with one attached hydrogen (secondary N) is 1. The predicted octanol–water partition coefficient (Wildman–Crippen LogP) is 2.97. The van der Waals surface area contributed by atoms with E-state index in [-0.39, 0.29) is 24.7 Å². The molecule has 1 aliphatic rings. The van der Waals surface area contributed by atoms with Gasteiger partial charge in [0.25, 0.3) is 5.24 Å². The van der Waals surface area contributed by atoms with Gasteiger partial charge in [-0.25, -0.2) is 0 Å². The van der Waals surface area contributed by atoms with E-state index >= 15 is 0 Å². The van der Waals surface area contributed by atoms with Crippen LogP contribution in [-0.2, 0) is 9.59 Å². The van der Waals surface area contributed by atoms with Crippen LogP contribution >= 0.6 is 11.8 Å². The lowest BCUT2D eigenvalue weighted by Gasteiger charge is -2.13. The summed E-state index contributed by atoms with van der Waals surface area (Å²) in [5.74, 6) is -0.584. The second kappa shape index (κ2) is 8.71. The average molecular weight is 398 g/mol. The number of benzene rings is 2. The molecule has 0 bridgehead atoms. The zero-order valence-electron chi connectivity index (χ0n) is 15.1. The second-order valence-corrected chi connectivity index (χ2v) is 7.22. The molecule has 0 saturated carbocycles. The topological polar surface area (TPSA) is 92.8 Å². The van der Waals surface area contributed by atoms with Crippen molar-refractivity contribution in [2.75, 3.05) is 19.0 Å². The van der Waals surface area contributed by atoms with Gasteiger partial charge in [-0.3, -0.25) is 24.1 Å². The summed E-state index contributed by atoms with van der Waals surface area (Å²) in [6.45, 7) is -0.328. The van der Waals surface area contributed by atoms with E-state index in [0.717, 1.165) is 16.7 Å². The number of nitrogens with zero attached hydrogens (tertiary/aromatic N) is 1. The second-order valence-electron chi connectivity index (χ2n) is 6.07. The van der Waals surface area contributed by atoms with Crippen molar-refractivity contribution in [3.8, 4) is 5.75 Å². The van der Waals surface area contributed by atoms with Gasteiger partial charge in [0.1, 0.15) is 11.0 Å². The normalized spacial score (nSPS) is 16.2. The van der Waals surface area contributed by atoms with E-state index < -0.39 is 16.4 Å². The zero-order chi connectivity index (χ0) is 20.1. The predicted molar refractivity (Wildman–Crippen MR) is 106 cm³/mol. The third kappa shape index (κ3) is 4.58. The Morgan fingerprint density at radius 2 is 1.75 bits per heavy atom. The van der Waals surface area contributed by atoms with Crippen molar-refractivity contribution < 1.29 is 23.9 Å². The zero-order valence-corrected chi connectivity index (χ0v) is 15.9. The molecule has 0 unspecified atom stereocenters. The van der Waals surface area contributed by atoms with Gasteiger partial charge in [-0.1, -0.05) is 42.1 Å². The number of imide groups is 1. The highest BCUT2D eigenvalue weighted by Gasteiger charge is 2.41. The van der Waals surface area contributed by atoms with Crippen molar-refractivity contribution in [2.45, 2.75) is 11.7 Å². The first kappa shape index (κ1) is 19.6. The van der Waals surface area contributed by atoms with Gasteiger partial charge in [0.15, 0.2) is 5.78 Å². The molecule has 1 N–H and O–H groups in total. The number of Topliss-reactive ketones (excluding diaryl/α,β-unsaturated/α-hetero) is 1. The molecule has 1 aliphatic heterocycles. The molecule has 8 heteroatoms. The van der Waals surface area contributed by atoms with Gasteiger partial charge in [-0.05, 0) is 24.3 Å². The smallest absolute Gasteiger partial charge is 0.289 e. The summed E-state index contributed by atoms with van der Waals surface area (Å²) in [4.78, 5) is 50.0. The maximum Gasteiger partial charge on any atom is 0.289 e. The van der Waals surface area contributed by atoms with Gasteiger partial charge in [-0.2, -0.15) is 0 Å². The third-order valence-electron chi connectivity index (χ3n) is 4.15. The highest BCUT2D eigenvalue weighted by Crippen LogP contribution is 2.29. The fourth-order valence-corrected chi connectivity index (χ4v) is 3.67. The van der Waals surface area contributed by atoms with Gasteiger partial charge < -0.3 is 10.1 Å². The van der Waals surface area contributed by atoms with Crippen molar-refractivity contribution in [1.29, 1.82) is 0 Å². The summed E-state index contributed by atoms with van der Waals surface area (Å²) >= 11 is 0.768. The molecular formula is C20H18N2O5S. The molecule has 3 amide bonds. The molecule has 7 nitrogen and oxygen atoms in total. The van der Waals surface area contributed by atoms with Crippen LogP contribution in [0.1, 0.15) is 16.8 Å². The van der Waals surface area contributed by atoms with Crippen LogP contribution in [0.4, 0.5) is 10.5 Å². The fourth-order valence-electron chi connectivity index (χ4n) is 2.68. The number of carbonyl (C=O) groups is 4. The maximum absolute atomic E-state index is 12.5. The van der Waals surface area contributed by atoms with E-state index in [1.54, 1.807) is 61.7 Å². The van der Waals surface area contributed by atoms with Crippen molar-refractivity contribution in [3.05, 3.63) is 60.2 Å². The number of hydrogen-bond donors (Lipinski definition) is 1. The summed E-state index contributed by atoms with van der Waals surface area (Å²) in [6, 6.07) is 15.2. The first-order valence-electron chi connectivity index (χ1n) is 8.52. The van der Waals surface area contributed by atoms with Crippen LogP contribution in [0.25, 0.3) is 0 Å². The quantitative estimate of drug-likeness (QED) is 0.721. The van der Waals surface area contributed by atoms with Crippen LogP contribution in [0, 0.1) is 0 Å². The number of carbonyl (C=O) groups excluding carboxylic acids is 4. The molecule has 0 radical (unpaired) electrons. The summed E-state index contributed by atoms with van der Waals surface area (Å²) in [5, 5.41) is 1.32. The van der Waals surface area contributed by atoms with Gasteiger partial charge in [0.05, 0.1) is 13.7 Å². The molecule has 0 spiro atoms. The molecule has 1 saturated heterocycles. The van der Waals surface area contributed by atoms with E-state index in [9.17, 15) is 19.2 Å². The highest BCUT2D eigenvalue weighted by molar-refractivity contribution is 8.15. The van der Waals surface area contributed by atoms with Crippen molar-refractivity contribution in [1.82, 2.24) is 4.90 Å². The number of ether oxygens (including phenoxy) is 1. The van der Waals surface area contributed by atoms with E-state index in [2.05, 4.69) is 5.32 Å². The molecule has 1 atom stereocenters. The molecule has 28 heavy (non-hydrogen) atoms. The minimum absolute atomic E-state index is 0.155.